The summed E-state index contributed by atoms with van der Waals surface area (Å²) in [7, 11) is -3.30. The van der Waals surface area contributed by atoms with Gasteiger partial charge < -0.3 is 4.90 Å². The number of nitrogens with one attached hydrogen (secondary N) is 1. The van der Waals surface area contributed by atoms with E-state index >= 15 is 0 Å². The number of likely N-dealkylation sites (tertiary alicyclic amines) is 1. The Morgan fingerprint density at radius 1 is 1.27 bits per heavy atom. The highest BCUT2D eigenvalue weighted by Crippen LogP contribution is 2.33. The van der Waals surface area contributed by atoms with Crippen molar-refractivity contribution in [3.05, 3.63) is 27.1 Å². The van der Waals surface area contributed by atoms with E-state index in [-0.39, 0.29) is 37.0 Å². The Balaban J connectivity index is 1.47. The number of nitrogens with zero attached hydrogens (tertiary/aromatic N) is 3. The predicted octanol–water partition coefficient (Wildman–Crippen LogP) is 1.66. The highest BCUT2D eigenvalue weighted by molar-refractivity contribution is 7.88. The molecule has 2 aromatic heterocycles. The van der Waals surface area contributed by atoms with Gasteiger partial charge in [0.2, 0.25) is 15.9 Å². The summed E-state index contributed by atoms with van der Waals surface area (Å²) in [5, 5.41) is 0.734. The van der Waals surface area contributed by atoms with Gasteiger partial charge in [0.05, 0.1) is 18.0 Å². The Bertz CT molecular complexity index is 1110. The van der Waals surface area contributed by atoms with Crippen molar-refractivity contribution in [2.75, 3.05) is 19.3 Å². The third kappa shape index (κ3) is 4.60. The van der Waals surface area contributed by atoms with Crippen LogP contribution in [0.2, 0.25) is 0 Å². The topological polar surface area (TPSA) is 101 Å². The summed E-state index contributed by atoms with van der Waals surface area (Å²) in [6, 6.07) is -0.137. The van der Waals surface area contributed by atoms with Crippen molar-refractivity contribution in [2.24, 2.45) is 0 Å². The quantitative estimate of drug-likeness (QED) is 0.718. The van der Waals surface area contributed by atoms with E-state index in [4.69, 9.17) is 0 Å². The van der Waals surface area contributed by atoms with Crippen molar-refractivity contribution in [1.82, 2.24) is 19.2 Å². The van der Waals surface area contributed by atoms with Gasteiger partial charge in [-0.05, 0) is 50.5 Å². The summed E-state index contributed by atoms with van der Waals surface area (Å²) in [5.41, 5.74) is 1.10. The van der Waals surface area contributed by atoms with Crippen LogP contribution in [0.5, 0.6) is 0 Å². The van der Waals surface area contributed by atoms with Crippen LogP contribution in [0.4, 0.5) is 0 Å². The zero-order valence-electron chi connectivity index (χ0n) is 17.2. The first-order chi connectivity index (χ1) is 14.3. The van der Waals surface area contributed by atoms with Crippen molar-refractivity contribution < 1.29 is 13.2 Å². The fourth-order valence-electron chi connectivity index (χ4n) is 4.49. The van der Waals surface area contributed by atoms with Gasteiger partial charge in [0.25, 0.3) is 5.56 Å². The first-order valence-electron chi connectivity index (χ1n) is 10.6. The van der Waals surface area contributed by atoms with Gasteiger partial charge in [0.15, 0.2) is 0 Å². The number of thiophene rings is 1. The summed E-state index contributed by atoms with van der Waals surface area (Å²) >= 11 is 1.62. The Hall–Kier alpha value is -1.78. The molecule has 10 heteroatoms. The standard InChI is InChI=1S/C20H28N4O4S2/c1-30(27,28)22-12-14-6-4-5-10-24(14)17(25)9-11-23-13-21-19-18(20(23)26)15-7-2-3-8-16(15)29-19/h13-14,22H,2-12H2,1H3. The molecule has 164 valence electrons. The molecule has 1 unspecified atom stereocenters. The van der Waals surface area contributed by atoms with E-state index in [2.05, 4.69) is 9.71 Å². The fourth-order valence-corrected chi connectivity index (χ4v) is 6.20. The number of piperidine rings is 1. The van der Waals surface area contributed by atoms with Crippen LogP contribution in [-0.4, -0.2) is 54.2 Å². The molecule has 0 saturated carbocycles. The first kappa shape index (κ1) is 21.5. The van der Waals surface area contributed by atoms with Crippen molar-refractivity contribution in [1.29, 1.82) is 0 Å². The number of amides is 1. The number of aryl methyl sites for hydroxylation is 3. The maximum absolute atomic E-state index is 13.1. The Morgan fingerprint density at radius 2 is 2.07 bits per heavy atom. The van der Waals surface area contributed by atoms with Crippen LogP contribution < -0.4 is 10.3 Å². The molecule has 0 bridgehead atoms. The molecule has 2 aliphatic rings. The molecular formula is C20H28N4O4S2. The van der Waals surface area contributed by atoms with Gasteiger partial charge in [-0.3, -0.25) is 14.2 Å². The molecule has 1 N–H and O–H groups in total. The van der Waals surface area contributed by atoms with Gasteiger partial charge in [0, 0.05) is 37.0 Å². The highest BCUT2D eigenvalue weighted by Gasteiger charge is 2.27. The van der Waals surface area contributed by atoms with Crippen LogP contribution in [0.15, 0.2) is 11.1 Å². The van der Waals surface area contributed by atoms with Crippen LogP contribution in [0, 0.1) is 0 Å². The zero-order valence-corrected chi connectivity index (χ0v) is 18.9. The molecule has 4 rings (SSSR count). The van der Waals surface area contributed by atoms with Crippen LogP contribution in [-0.2, 0) is 34.2 Å². The van der Waals surface area contributed by atoms with Gasteiger partial charge >= 0.3 is 0 Å². The number of aromatic nitrogens is 2. The predicted molar refractivity (Wildman–Crippen MR) is 117 cm³/mol. The van der Waals surface area contributed by atoms with Gasteiger partial charge in [-0.2, -0.15) is 0 Å². The SMILES string of the molecule is CS(=O)(=O)NCC1CCCCN1C(=O)CCn1cnc2sc3c(c2c1=O)CCCC3. The van der Waals surface area contributed by atoms with E-state index in [0.29, 0.717) is 6.54 Å². The van der Waals surface area contributed by atoms with Crippen molar-refractivity contribution in [3.8, 4) is 0 Å². The number of sulfonamides is 1. The number of hydrogen-bond acceptors (Lipinski definition) is 6. The lowest BCUT2D eigenvalue weighted by Gasteiger charge is -2.36. The second-order valence-corrected chi connectivity index (χ2v) is 11.2. The Labute approximate surface area is 180 Å². The van der Waals surface area contributed by atoms with Crippen LogP contribution in [0.25, 0.3) is 10.2 Å². The maximum Gasteiger partial charge on any atom is 0.262 e. The van der Waals surface area contributed by atoms with Gasteiger partial charge in [0.1, 0.15) is 4.83 Å². The highest BCUT2D eigenvalue weighted by atomic mass is 32.2. The summed E-state index contributed by atoms with van der Waals surface area (Å²) in [6.45, 7) is 1.15. The molecule has 1 atom stereocenters. The molecule has 1 fully saturated rings. The lowest BCUT2D eigenvalue weighted by Crippen LogP contribution is -2.49. The van der Waals surface area contributed by atoms with Gasteiger partial charge in [-0.1, -0.05) is 0 Å². The van der Waals surface area contributed by atoms with Crippen LogP contribution >= 0.6 is 11.3 Å². The van der Waals surface area contributed by atoms with E-state index in [1.54, 1.807) is 27.1 Å². The Morgan fingerprint density at radius 3 is 2.87 bits per heavy atom. The minimum atomic E-state index is -3.30. The van der Waals surface area contributed by atoms with Crippen LogP contribution in [0.1, 0.15) is 49.0 Å². The van der Waals surface area contributed by atoms with Gasteiger partial charge in [-0.15, -0.1) is 11.3 Å². The van der Waals surface area contributed by atoms with E-state index < -0.39 is 10.0 Å². The lowest BCUT2D eigenvalue weighted by atomic mass is 9.97. The summed E-state index contributed by atoms with van der Waals surface area (Å²) in [6.07, 6.45) is 9.76. The average Bonchev–Trinajstić information content (AvgIpc) is 3.10. The third-order valence-corrected chi connectivity index (χ3v) is 7.93. The zero-order chi connectivity index (χ0) is 21.3. The smallest absolute Gasteiger partial charge is 0.262 e. The molecule has 30 heavy (non-hydrogen) atoms. The van der Waals surface area contributed by atoms with Crippen LogP contribution in [0.3, 0.4) is 0 Å². The maximum atomic E-state index is 13.1. The molecule has 1 aliphatic heterocycles. The number of carbonyl (C=O) groups excluding carboxylic acids is 1. The number of fused-ring (bicyclic) bond motifs is 3. The minimum Gasteiger partial charge on any atom is -0.338 e. The normalized spacial score (nSPS) is 19.8. The number of carbonyl (C=O) groups is 1. The van der Waals surface area contributed by atoms with Gasteiger partial charge in [-0.25, -0.2) is 18.1 Å². The van der Waals surface area contributed by atoms with E-state index in [1.807, 2.05) is 0 Å². The number of hydrogen-bond donors (Lipinski definition) is 1. The molecule has 2 aromatic rings. The molecule has 1 saturated heterocycles. The molecular weight excluding hydrogens is 424 g/mol. The molecule has 1 amide bonds. The second-order valence-electron chi connectivity index (χ2n) is 8.24. The largest absolute Gasteiger partial charge is 0.338 e. The molecule has 3 heterocycles. The number of rotatable bonds is 6. The summed E-state index contributed by atoms with van der Waals surface area (Å²) in [4.78, 5) is 34.3. The van der Waals surface area contributed by atoms with Crippen molar-refractivity contribution >= 4 is 37.5 Å². The van der Waals surface area contributed by atoms with Crippen molar-refractivity contribution in [3.63, 3.8) is 0 Å². The van der Waals surface area contributed by atoms with Crippen molar-refractivity contribution in [2.45, 2.75) is 64.0 Å². The van der Waals surface area contributed by atoms with E-state index in [1.165, 1.54) is 4.88 Å². The fraction of sp³-hybridized carbons (Fsp3) is 0.650. The molecule has 1 aliphatic carbocycles. The Kier molecular flexibility index (Phi) is 6.26. The summed E-state index contributed by atoms with van der Waals surface area (Å²) in [5.74, 6) is -0.0469. The average molecular weight is 453 g/mol. The third-order valence-electron chi connectivity index (χ3n) is 6.04. The minimum absolute atomic E-state index is 0.0469. The molecule has 0 radical (unpaired) electrons. The monoisotopic (exact) mass is 452 g/mol. The van der Waals surface area contributed by atoms with E-state index in [0.717, 1.165) is 67.0 Å². The first-order valence-corrected chi connectivity index (χ1v) is 13.3. The molecule has 8 nitrogen and oxygen atoms in total. The summed E-state index contributed by atoms with van der Waals surface area (Å²) < 4.78 is 26.9. The molecule has 0 spiro atoms. The lowest BCUT2D eigenvalue weighted by molar-refractivity contribution is -0.134. The van der Waals surface area contributed by atoms with E-state index in [9.17, 15) is 18.0 Å². The molecule has 0 aromatic carbocycles. The second kappa shape index (κ2) is 8.76.